The van der Waals surface area contributed by atoms with Crippen molar-refractivity contribution < 1.29 is 9.90 Å². The van der Waals surface area contributed by atoms with E-state index < -0.39 is 0 Å². The molecule has 2 aromatic rings. The Balaban J connectivity index is 1.67. The fraction of sp³-hybridized carbons (Fsp3) is 0.240. The van der Waals surface area contributed by atoms with Gasteiger partial charge in [0.15, 0.2) is 0 Å². The minimum atomic E-state index is 0.273. The number of rotatable bonds is 6. The number of benzene rings is 2. The smallest absolute Gasteiger partial charge is 0.137 e. The molecule has 0 aliphatic heterocycles. The molecule has 4 rings (SSSR count). The monoisotopic (exact) mass is 356 g/mol. The lowest BCUT2D eigenvalue weighted by molar-refractivity contribution is -0.118. The summed E-state index contributed by atoms with van der Waals surface area (Å²) in [6.45, 7) is 1.93. The Morgan fingerprint density at radius 2 is 1.85 bits per heavy atom. The molecule has 0 aromatic heterocycles. The fourth-order valence-electron chi connectivity index (χ4n) is 4.12. The Morgan fingerprint density at radius 1 is 1.07 bits per heavy atom. The third-order valence-electron chi connectivity index (χ3n) is 5.56. The summed E-state index contributed by atoms with van der Waals surface area (Å²) in [5, 5.41) is 9.58. The number of fused-ring (bicyclic) bond motifs is 1. The molecule has 2 aromatic carbocycles. The number of carbonyl (C=O) groups excluding carboxylic acids is 1. The maximum atomic E-state index is 12.0. The topological polar surface area (TPSA) is 37.3 Å². The zero-order valence-corrected chi connectivity index (χ0v) is 15.6. The number of phenolic OH excluding ortho intramolecular Hbond substituents is 1. The van der Waals surface area contributed by atoms with Crippen molar-refractivity contribution >= 4 is 11.9 Å². The molecule has 2 nitrogen and oxygen atoms in total. The molecule has 0 saturated heterocycles. The van der Waals surface area contributed by atoms with Crippen LogP contribution in [-0.2, 0) is 11.2 Å². The lowest BCUT2D eigenvalue weighted by atomic mass is 9.83. The predicted molar refractivity (Wildman–Crippen MR) is 110 cm³/mol. The second kappa shape index (κ2) is 7.40. The first kappa shape index (κ1) is 17.5. The molecule has 2 aliphatic carbocycles. The van der Waals surface area contributed by atoms with Crippen molar-refractivity contribution in [1.82, 2.24) is 0 Å². The molecule has 2 heteroatoms. The van der Waals surface area contributed by atoms with Gasteiger partial charge in [0.1, 0.15) is 11.5 Å². The van der Waals surface area contributed by atoms with Crippen LogP contribution in [0.1, 0.15) is 48.8 Å². The summed E-state index contributed by atoms with van der Waals surface area (Å²) < 4.78 is 0. The van der Waals surface area contributed by atoms with Gasteiger partial charge in [0.25, 0.3) is 0 Å². The molecular weight excluding hydrogens is 332 g/mol. The summed E-state index contributed by atoms with van der Waals surface area (Å²) in [5.74, 6) is 0.860. The Kier molecular flexibility index (Phi) is 4.81. The summed E-state index contributed by atoms with van der Waals surface area (Å²) in [5.41, 5.74) is 7.55. The molecule has 27 heavy (non-hydrogen) atoms. The predicted octanol–water partition coefficient (Wildman–Crippen LogP) is 5.74. The van der Waals surface area contributed by atoms with E-state index >= 15 is 0 Å². The van der Waals surface area contributed by atoms with E-state index in [0.717, 1.165) is 12.8 Å². The van der Waals surface area contributed by atoms with E-state index in [2.05, 4.69) is 42.5 Å². The van der Waals surface area contributed by atoms with E-state index in [9.17, 15) is 9.90 Å². The van der Waals surface area contributed by atoms with Gasteiger partial charge in [-0.1, -0.05) is 61.5 Å². The van der Waals surface area contributed by atoms with Crippen molar-refractivity contribution in [3.8, 4) is 5.75 Å². The number of carbonyl (C=O) groups is 1. The summed E-state index contributed by atoms with van der Waals surface area (Å²) in [4.78, 5) is 12.0. The highest BCUT2D eigenvalue weighted by atomic mass is 16.3. The van der Waals surface area contributed by atoms with Crippen LogP contribution in [0.25, 0.3) is 6.08 Å². The average molecular weight is 356 g/mol. The minimum Gasteiger partial charge on any atom is -0.508 e. The fourth-order valence-corrected chi connectivity index (χ4v) is 4.12. The van der Waals surface area contributed by atoms with E-state index in [-0.39, 0.29) is 5.92 Å². The van der Waals surface area contributed by atoms with Crippen molar-refractivity contribution in [3.05, 3.63) is 94.1 Å². The molecule has 1 N–H and O–H groups in total. The van der Waals surface area contributed by atoms with Gasteiger partial charge in [-0.05, 0) is 58.4 Å². The van der Waals surface area contributed by atoms with Crippen LogP contribution < -0.4 is 0 Å². The van der Waals surface area contributed by atoms with Gasteiger partial charge in [-0.2, -0.15) is 0 Å². The average Bonchev–Trinajstić information content (AvgIpc) is 3.28. The maximum Gasteiger partial charge on any atom is 0.137 e. The molecule has 0 spiro atoms. The lowest BCUT2D eigenvalue weighted by Crippen LogP contribution is -2.07. The molecule has 0 saturated carbocycles. The molecule has 2 aliphatic rings. The molecule has 1 unspecified atom stereocenters. The number of phenols is 1. The normalized spacial score (nSPS) is 18.0. The molecule has 0 heterocycles. The Labute approximate surface area is 160 Å². The van der Waals surface area contributed by atoms with E-state index in [0.29, 0.717) is 24.4 Å². The van der Waals surface area contributed by atoms with Gasteiger partial charge in [-0.25, -0.2) is 0 Å². The van der Waals surface area contributed by atoms with E-state index in [4.69, 9.17) is 0 Å². The van der Waals surface area contributed by atoms with Gasteiger partial charge in [0.2, 0.25) is 0 Å². The number of allylic oxidation sites excluding steroid dienone is 5. The minimum absolute atomic E-state index is 0.273. The summed E-state index contributed by atoms with van der Waals surface area (Å²) in [6, 6.07) is 16.0. The molecule has 1 atom stereocenters. The third-order valence-corrected chi connectivity index (χ3v) is 5.56. The largest absolute Gasteiger partial charge is 0.508 e. The van der Waals surface area contributed by atoms with Crippen molar-refractivity contribution in [3.63, 3.8) is 0 Å². The Bertz CT molecular complexity index is 958. The number of aromatic hydroxyl groups is 1. The van der Waals surface area contributed by atoms with Gasteiger partial charge < -0.3 is 5.11 Å². The van der Waals surface area contributed by atoms with Crippen molar-refractivity contribution in [2.45, 2.75) is 38.5 Å². The van der Waals surface area contributed by atoms with Crippen LogP contribution in [0.15, 0.2) is 77.4 Å². The van der Waals surface area contributed by atoms with Gasteiger partial charge in [0, 0.05) is 18.8 Å². The lowest BCUT2D eigenvalue weighted by Gasteiger charge is -2.20. The number of hydrogen-bond donors (Lipinski definition) is 1. The van der Waals surface area contributed by atoms with Crippen LogP contribution in [0.5, 0.6) is 5.75 Å². The molecule has 0 bridgehead atoms. The molecular formula is C25H24O2. The first-order valence-electron chi connectivity index (χ1n) is 9.65. The molecule has 0 radical (unpaired) electrons. The Hall–Kier alpha value is -2.87. The number of ketones is 1. The Morgan fingerprint density at radius 3 is 2.63 bits per heavy atom. The van der Waals surface area contributed by atoms with Crippen molar-refractivity contribution in [1.29, 1.82) is 0 Å². The van der Waals surface area contributed by atoms with E-state index in [1.165, 1.54) is 33.4 Å². The van der Waals surface area contributed by atoms with Crippen LogP contribution in [0, 0.1) is 0 Å². The number of Topliss-reactive ketones (excluding diaryl/α,β-unsaturated/α-hetero) is 1. The van der Waals surface area contributed by atoms with Crippen LogP contribution in [0.3, 0.4) is 0 Å². The second-order valence-electron chi connectivity index (χ2n) is 7.30. The third kappa shape index (κ3) is 3.52. The van der Waals surface area contributed by atoms with Crippen LogP contribution in [0.2, 0.25) is 0 Å². The van der Waals surface area contributed by atoms with Crippen LogP contribution in [0.4, 0.5) is 0 Å². The highest BCUT2D eigenvalue weighted by molar-refractivity contribution is 5.84. The maximum absolute atomic E-state index is 12.0. The highest BCUT2D eigenvalue weighted by Crippen LogP contribution is 2.45. The van der Waals surface area contributed by atoms with Gasteiger partial charge in [-0.15, -0.1) is 0 Å². The highest BCUT2D eigenvalue weighted by Gasteiger charge is 2.29. The zero-order valence-electron chi connectivity index (χ0n) is 15.6. The standard InChI is InChI=1S/C25H24O2/c1-2-20(26)15-18-7-5-9-23(18)25-16-19-6-3-4-8-22(19)24(25)14-17-10-12-21(27)13-11-17/h3-4,6-13,16,24,27H,2,5,14-15H2,1H3. The first-order valence-corrected chi connectivity index (χ1v) is 9.65. The van der Waals surface area contributed by atoms with Gasteiger partial charge >= 0.3 is 0 Å². The van der Waals surface area contributed by atoms with E-state index in [1.54, 1.807) is 12.1 Å². The zero-order chi connectivity index (χ0) is 18.8. The summed E-state index contributed by atoms with van der Waals surface area (Å²) in [7, 11) is 0. The molecule has 0 fully saturated rings. The molecule has 136 valence electrons. The van der Waals surface area contributed by atoms with Gasteiger partial charge in [-0.3, -0.25) is 4.79 Å². The van der Waals surface area contributed by atoms with Crippen LogP contribution >= 0.6 is 0 Å². The van der Waals surface area contributed by atoms with Crippen molar-refractivity contribution in [2.75, 3.05) is 0 Å². The van der Waals surface area contributed by atoms with Crippen molar-refractivity contribution in [2.24, 2.45) is 0 Å². The number of hydrogen-bond acceptors (Lipinski definition) is 2. The van der Waals surface area contributed by atoms with E-state index in [1.807, 2.05) is 19.1 Å². The SMILES string of the molecule is CCC(=O)CC1=CCC=C1C1=Cc2ccccc2C1Cc1ccc(O)cc1. The van der Waals surface area contributed by atoms with Gasteiger partial charge in [0.05, 0.1) is 0 Å². The summed E-state index contributed by atoms with van der Waals surface area (Å²) in [6.07, 6.45) is 9.66. The second-order valence-corrected chi connectivity index (χ2v) is 7.30. The van der Waals surface area contributed by atoms with Crippen LogP contribution in [-0.4, -0.2) is 10.9 Å². The quantitative estimate of drug-likeness (QED) is 0.716. The summed E-state index contributed by atoms with van der Waals surface area (Å²) >= 11 is 0. The molecule has 0 amide bonds. The first-order chi connectivity index (χ1) is 13.2.